The number of rotatable bonds is 2. The lowest BCUT2D eigenvalue weighted by atomic mass is 10.2. The Kier molecular flexibility index (Phi) is 2.37. The molecule has 0 fully saturated rings. The third kappa shape index (κ3) is 1.49. The van der Waals surface area contributed by atoms with Gasteiger partial charge in [0.05, 0.1) is 18.1 Å². The molecule has 1 N–H and O–H groups in total. The minimum atomic E-state index is -0.0626. The van der Waals surface area contributed by atoms with Crippen LogP contribution in [0.5, 0.6) is 5.75 Å². The van der Waals surface area contributed by atoms with Crippen molar-refractivity contribution >= 4 is 16.6 Å². The summed E-state index contributed by atoms with van der Waals surface area (Å²) < 4.78 is 7.16. The number of ether oxygens (including phenoxy) is 1. The molecule has 0 aliphatic heterocycles. The minimum Gasteiger partial charge on any atom is -0.497 e. The molecule has 0 atom stereocenters. The van der Waals surface area contributed by atoms with E-state index in [9.17, 15) is 4.79 Å². The van der Waals surface area contributed by atoms with Crippen LogP contribution in [-0.2, 0) is 6.42 Å². The molecule has 2 heterocycles. The Morgan fingerprint density at radius 3 is 2.83 bits per heavy atom. The lowest BCUT2D eigenvalue weighted by molar-refractivity contribution is 0.415. The van der Waals surface area contributed by atoms with Crippen molar-refractivity contribution in [3.63, 3.8) is 0 Å². The number of nitrogens with zero attached hydrogens (tertiary/aromatic N) is 1. The van der Waals surface area contributed by atoms with Gasteiger partial charge in [0, 0.05) is 12.3 Å². The number of aromatic nitrogens is 2. The van der Waals surface area contributed by atoms with Gasteiger partial charge in [-0.25, -0.2) is 0 Å². The van der Waals surface area contributed by atoms with Gasteiger partial charge in [-0.1, -0.05) is 6.92 Å². The SMILES string of the molecule is CCc1cc2c(=O)[nH]c3ccc(OC)cc3n2c1. The maximum atomic E-state index is 12.0. The predicted molar refractivity (Wildman–Crippen MR) is 71.5 cm³/mol. The summed E-state index contributed by atoms with van der Waals surface area (Å²) in [6, 6.07) is 7.56. The zero-order valence-corrected chi connectivity index (χ0v) is 10.4. The number of hydrogen-bond acceptors (Lipinski definition) is 2. The maximum Gasteiger partial charge on any atom is 0.272 e. The van der Waals surface area contributed by atoms with Gasteiger partial charge in [0.15, 0.2) is 0 Å². The summed E-state index contributed by atoms with van der Waals surface area (Å²) >= 11 is 0. The highest BCUT2D eigenvalue weighted by atomic mass is 16.5. The zero-order chi connectivity index (χ0) is 12.7. The second-order valence-electron chi connectivity index (χ2n) is 4.29. The molecule has 0 bridgehead atoms. The van der Waals surface area contributed by atoms with Crippen LogP contribution >= 0.6 is 0 Å². The molecule has 0 aliphatic carbocycles. The van der Waals surface area contributed by atoms with E-state index in [0.29, 0.717) is 5.52 Å². The summed E-state index contributed by atoms with van der Waals surface area (Å²) in [6.07, 6.45) is 2.92. The lowest BCUT2D eigenvalue weighted by Crippen LogP contribution is -2.09. The molecule has 0 amide bonds. The van der Waals surface area contributed by atoms with Crippen molar-refractivity contribution in [2.45, 2.75) is 13.3 Å². The second-order valence-corrected chi connectivity index (χ2v) is 4.29. The molecule has 0 saturated heterocycles. The van der Waals surface area contributed by atoms with Crippen LogP contribution in [0.2, 0.25) is 0 Å². The number of H-pyrrole nitrogens is 1. The van der Waals surface area contributed by atoms with Crippen LogP contribution in [0, 0.1) is 0 Å². The van der Waals surface area contributed by atoms with Crippen molar-refractivity contribution in [1.29, 1.82) is 0 Å². The Balaban J connectivity index is 2.48. The smallest absolute Gasteiger partial charge is 0.272 e. The van der Waals surface area contributed by atoms with E-state index in [1.54, 1.807) is 7.11 Å². The Hall–Kier alpha value is -2.23. The van der Waals surface area contributed by atoms with E-state index in [1.165, 1.54) is 0 Å². The highest BCUT2D eigenvalue weighted by Crippen LogP contribution is 2.20. The van der Waals surface area contributed by atoms with Gasteiger partial charge in [-0.3, -0.25) is 4.79 Å². The molecule has 0 saturated carbocycles. The zero-order valence-electron chi connectivity index (χ0n) is 10.4. The van der Waals surface area contributed by atoms with E-state index in [0.717, 1.165) is 28.8 Å². The highest BCUT2D eigenvalue weighted by Gasteiger charge is 2.07. The van der Waals surface area contributed by atoms with Crippen LogP contribution in [0.4, 0.5) is 0 Å². The fourth-order valence-electron chi connectivity index (χ4n) is 2.22. The van der Waals surface area contributed by atoms with Gasteiger partial charge in [0.2, 0.25) is 0 Å². The van der Waals surface area contributed by atoms with Gasteiger partial charge >= 0.3 is 0 Å². The molecule has 4 nitrogen and oxygen atoms in total. The Morgan fingerprint density at radius 2 is 2.11 bits per heavy atom. The largest absolute Gasteiger partial charge is 0.497 e. The molecule has 18 heavy (non-hydrogen) atoms. The van der Waals surface area contributed by atoms with Crippen molar-refractivity contribution in [1.82, 2.24) is 9.38 Å². The van der Waals surface area contributed by atoms with Crippen LogP contribution in [0.1, 0.15) is 12.5 Å². The van der Waals surface area contributed by atoms with E-state index >= 15 is 0 Å². The van der Waals surface area contributed by atoms with Crippen LogP contribution in [0.25, 0.3) is 16.6 Å². The number of aromatic amines is 1. The monoisotopic (exact) mass is 242 g/mol. The van der Waals surface area contributed by atoms with E-state index in [4.69, 9.17) is 4.74 Å². The van der Waals surface area contributed by atoms with Crippen LogP contribution in [0.15, 0.2) is 35.3 Å². The van der Waals surface area contributed by atoms with E-state index < -0.39 is 0 Å². The first kappa shape index (κ1) is 10.9. The van der Waals surface area contributed by atoms with Gasteiger partial charge in [0.1, 0.15) is 11.3 Å². The molecule has 92 valence electrons. The Labute approximate surface area is 104 Å². The second kappa shape index (κ2) is 3.91. The van der Waals surface area contributed by atoms with Crippen LogP contribution in [-0.4, -0.2) is 16.5 Å². The number of benzene rings is 1. The summed E-state index contributed by atoms with van der Waals surface area (Å²) in [7, 11) is 1.64. The van der Waals surface area contributed by atoms with Crippen molar-refractivity contribution in [2.24, 2.45) is 0 Å². The first-order valence-corrected chi connectivity index (χ1v) is 5.94. The van der Waals surface area contributed by atoms with Gasteiger partial charge in [0.25, 0.3) is 5.56 Å². The highest BCUT2D eigenvalue weighted by molar-refractivity contribution is 5.80. The molecule has 3 aromatic rings. The molecule has 0 radical (unpaired) electrons. The van der Waals surface area contributed by atoms with Crippen molar-refractivity contribution < 1.29 is 4.74 Å². The molecule has 2 aromatic heterocycles. The fraction of sp³-hybridized carbons (Fsp3) is 0.214. The number of aryl methyl sites for hydroxylation is 1. The standard InChI is InChI=1S/C14H14N2O2/c1-3-9-6-13-14(17)15-11-5-4-10(18-2)7-12(11)16(13)8-9/h4-8H,3H2,1-2H3,(H,15,17). The quantitative estimate of drug-likeness (QED) is 0.749. The number of methoxy groups -OCH3 is 1. The molecular formula is C14H14N2O2. The average molecular weight is 242 g/mol. The molecule has 0 unspecified atom stereocenters. The summed E-state index contributed by atoms with van der Waals surface area (Å²) in [4.78, 5) is 14.9. The first-order chi connectivity index (χ1) is 8.72. The van der Waals surface area contributed by atoms with Gasteiger partial charge in [-0.15, -0.1) is 0 Å². The normalized spacial score (nSPS) is 11.2. The van der Waals surface area contributed by atoms with Gasteiger partial charge in [-0.2, -0.15) is 0 Å². The lowest BCUT2D eigenvalue weighted by Gasteiger charge is -2.05. The topological polar surface area (TPSA) is 46.5 Å². The van der Waals surface area contributed by atoms with Crippen LogP contribution < -0.4 is 10.3 Å². The number of fused-ring (bicyclic) bond motifs is 3. The molecule has 0 aliphatic rings. The molecule has 1 aromatic carbocycles. The number of nitrogens with one attached hydrogen (secondary N) is 1. The third-order valence-corrected chi connectivity index (χ3v) is 3.23. The average Bonchev–Trinajstić information content (AvgIpc) is 2.83. The van der Waals surface area contributed by atoms with Gasteiger partial charge < -0.3 is 14.1 Å². The fourth-order valence-corrected chi connectivity index (χ4v) is 2.22. The molecular weight excluding hydrogens is 228 g/mol. The maximum absolute atomic E-state index is 12.0. The summed E-state index contributed by atoms with van der Waals surface area (Å²) in [5.41, 5.74) is 3.52. The summed E-state index contributed by atoms with van der Waals surface area (Å²) in [5.74, 6) is 0.780. The summed E-state index contributed by atoms with van der Waals surface area (Å²) in [5, 5.41) is 0. The van der Waals surface area contributed by atoms with E-state index in [-0.39, 0.29) is 5.56 Å². The summed E-state index contributed by atoms with van der Waals surface area (Å²) in [6.45, 7) is 2.08. The van der Waals surface area contributed by atoms with E-state index in [1.807, 2.05) is 34.9 Å². The Morgan fingerprint density at radius 1 is 1.28 bits per heavy atom. The van der Waals surface area contributed by atoms with Crippen molar-refractivity contribution in [2.75, 3.05) is 7.11 Å². The molecule has 4 heteroatoms. The molecule has 0 spiro atoms. The third-order valence-electron chi connectivity index (χ3n) is 3.23. The predicted octanol–water partition coefficient (Wildman–Crippen LogP) is 2.35. The van der Waals surface area contributed by atoms with E-state index in [2.05, 4.69) is 11.9 Å². The van der Waals surface area contributed by atoms with Gasteiger partial charge in [-0.05, 0) is 30.2 Å². The van der Waals surface area contributed by atoms with Crippen molar-refractivity contribution in [3.8, 4) is 5.75 Å². The first-order valence-electron chi connectivity index (χ1n) is 5.94. The Bertz CT molecular complexity index is 783. The number of hydrogen-bond donors (Lipinski definition) is 1. The molecule has 3 rings (SSSR count). The minimum absolute atomic E-state index is 0.0626. The van der Waals surface area contributed by atoms with Crippen LogP contribution in [0.3, 0.4) is 0 Å². The van der Waals surface area contributed by atoms with Crippen molar-refractivity contribution in [3.05, 3.63) is 46.4 Å².